The van der Waals surface area contributed by atoms with Gasteiger partial charge in [-0.25, -0.2) is 9.69 Å². The van der Waals surface area contributed by atoms with E-state index in [9.17, 15) is 9.59 Å². The van der Waals surface area contributed by atoms with Crippen molar-refractivity contribution < 1.29 is 19.1 Å². The minimum absolute atomic E-state index is 0.144. The SMILES string of the molecule is COc1cc(/C=C2/NC(=O)N(c3ccc(Cl)cc3)C2=O)c(Br)cc1OCc1ccc(C)cc1. The van der Waals surface area contributed by atoms with E-state index in [1.807, 2.05) is 31.2 Å². The molecular weight excluding hydrogens is 508 g/mol. The molecular formula is C25H20BrClN2O4. The van der Waals surface area contributed by atoms with Crippen molar-refractivity contribution in [2.24, 2.45) is 0 Å². The summed E-state index contributed by atoms with van der Waals surface area (Å²) in [5.74, 6) is 0.591. The van der Waals surface area contributed by atoms with Gasteiger partial charge in [0.05, 0.1) is 12.8 Å². The Balaban J connectivity index is 1.57. The summed E-state index contributed by atoms with van der Waals surface area (Å²) in [6.45, 7) is 2.42. The van der Waals surface area contributed by atoms with Gasteiger partial charge in [-0.05, 0) is 60.5 Å². The van der Waals surface area contributed by atoms with Gasteiger partial charge in [0.2, 0.25) is 0 Å². The topological polar surface area (TPSA) is 67.9 Å². The van der Waals surface area contributed by atoms with Crippen molar-refractivity contribution in [1.82, 2.24) is 5.32 Å². The number of imide groups is 1. The molecule has 1 heterocycles. The Morgan fingerprint density at radius 2 is 1.73 bits per heavy atom. The molecule has 1 saturated heterocycles. The molecule has 0 unspecified atom stereocenters. The van der Waals surface area contributed by atoms with Crippen LogP contribution < -0.4 is 19.7 Å². The van der Waals surface area contributed by atoms with Crippen LogP contribution in [0.2, 0.25) is 5.02 Å². The molecule has 4 rings (SSSR count). The van der Waals surface area contributed by atoms with Crippen LogP contribution in [-0.4, -0.2) is 19.0 Å². The molecule has 3 aromatic rings. The van der Waals surface area contributed by atoms with Crippen LogP contribution >= 0.6 is 27.5 Å². The molecule has 3 aromatic carbocycles. The molecule has 1 fully saturated rings. The first-order valence-electron chi connectivity index (χ1n) is 10.0. The molecule has 33 heavy (non-hydrogen) atoms. The Bertz CT molecular complexity index is 1240. The highest BCUT2D eigenvalue weighted by Gasteiger charge is 2.35. The van der Waals surface area contributed by atoms with E-state index in [-0.39, 0.29) is 5.70 Å². The van der Waals surface area contributed by atoms with Crippen LogP contribution in [0.4, 0.5) is 10.5 Å². The molecule has 0 bridgehead atoms. The molecule has 0 aliphatic carbocycles. The molecule has 3 amide bonds. The van der Waals surface area contributed by atoms with Crippen LogP contribution in [0.3, 0.4) is 0 Å². The fraction of sp³-hybridized carbons (Fsp3) is 0.120. The zero-order valence-electron chi connectivity index (χ0n) is 17.9. The van der Waals surface area contributed by atoms with Crippen molar-refractivity contribution in [3.05, 3.63) is 92.5 Å². The molecule has 1 N–H and O–H groups in total. The number of nitrogens with one attached hydrogen (secondary N) is 1. The number of benzene rings is 3. The number of urea groups is 1. The van der Waals surface area contributed by atoms with E-state index in [1.54, 1.807) is 49.6 Å². The van der Waals surface area contributed by atoms with Crippen LogP contribution in [0.1, 0.15) is 16.7 Å². The number of aryl methyl sites for hydroxylation is 1. The number of amides is 3. The lowest BCUT2D eigenvalue weighted by molar-refractivity contribution is -0.113. The number of hydrogen-bond acceptors (Lipinski definition) is 4. The summed E-state index contributed by atoms with van der Waals surface area (Å²) in [7, 11) is 1.55. The lowest BCUT2D eigenvalue weighted by Crippen LogP contribution is -2.30. The van der Waals surface area contributed by atoms with Crippen molar-refractivity contribution in [1.29, 1.82) is 0 Å². The Labute approximate surface area is 204 Å². The van der Waals surface area contributed by atoms with Gasteiger partial charge in [0.25, 0.3) is 5.91 Å². The molecule has 6 nitrogen and oxygen atoms in total. The molecule has 0 aromatic heterocycles. The number of halogens is 2. The standard InChI is InChI=1S/C25H20BrClN2O4/c1-15-3-5-16(6-4-15)14-33-23-13-20(26)17(12-22(23)32-2)11-21-24(30)29(25(31)28-21)19-9-7-18(27)8-10-19/h3-13H,14H2,1-2H3,(H,28,31)/b21-11+. The maximum atomic E-state index is 12.9. The van der Waals surface area contributed by atoms with Gasteiger partial charge in [0.1, 0.15) is 12.3 Å². The number of carbonyl (C=O) groups is 2. The third-order valence-electron chi connectivity index (χ3n) is 5.06. The van der Waals surface area contributed by atoms with E-state index in [0.29, 0.717) is 38.9 Å². The van der Waals surface area contributed by atoms with Gasteiger partial charge >= 0.3 is 6.03 Å². The molecule has 168 valence electrons. The Morgan fingerprint density at radius 1 is 1.03 bits per heavy atom. The van der Waals surface area contributed by atoms with Gasteiger partial charge in [-0.3, -0.25) is 4.79 Å². The zero-order chi connectivity index (χ0) is 23.5. The summed E-state index contributed by atoms with van der Waals surface area (Å²) in [6.07, 6.45) is 1.59. The average Bonchev–Trinajstić information content (AvgIpc) is 3.08. The second kappa shape index (κ2) is 9.68. The fourth-order valence-electron chi connectivity index (χ4n) is 3.29. The number of rotatable bonds is 6. The van der Waals surface area contributed by atoms with Gasteiger partial charge in [0, 0.05) is 9.50 Å². The van der Waals surface area contributed by atoms with Gasteiger partial charge in [-0.1, -0.05) is 57.4 Å². The van der Waals surface area contributed by atoms with Crippen LogP contribution in [-0.2, 0) is 11.4 Å². The van der Waals surface area contributed by atoms with E-state index >= 15 is 0 Å². The van der Waals surface area contributed by atoms with Crippen molar-refractivity contribution in [3.63, 3.8) is 0 Å². The third kappa shape index (κ3) is 5.05. The summed E-state index contributed by atoms with van der Waals surface area (Å²) >= 11 is 9.43. The number of carbonyl (C=O) groups excluding carboxylic acids is 2. The third-order valence-corrected chi connectivity index (χ3v) is 6.00. The van der Waals surface area contributed by atoms with Gasteiger partial charge in [-0.15, -0.1) is 0 Å². The Kier molecular flexibility index (Phi) is 6.72. The molecule has 8 heteroatoms. The molecule has 0 spiro atoms. The number of ether oxygens (including phenoxy) is 2. The number of anilines is 1. The lowest BCUT2D eigenvalue weighted by atomic mass is 10.1. The summed E-state index contributed by atoms with van der Waals surface area (Å²) < 4.78 is 12.1. The summed E-state index contributed by atoms with van der Waals surface area (Å²) in [6, 6.07) is 17.5. The second-order valence-electron chi connectivity index (χ2n) is 7.40. The minimum atomic E-state index is -0.533. The summed E-state index contributed by atoms with van der Waals surface area (Å²) in [5.41, 5.74) is 3.44. The van der Waals surface area contributed by atoms with Crippen molar-refractivity contribution in [2.75, 3.05) is 12.0 Å². The predicted molar refractivity (Wildman–Crippen MR) is 132 cm³/mol. The van der Waals surface area contributed by atoms with Crippen LogP contribution in [0.25, 0.3) is 6.08 Å². The van der Waals surface area contributed by atoms with Gasteiger partial charge in [0.15, 0.2) is 11.5 Å². The fourth-order valence-corrected chi connectivity index (χ4v) is 3.86. The first kappa shape index (κ1) is 22.9. The second-order valence-corrected chi connectivity index (χ2v) is 8.69. The van der Waals surface area contributed by atoms with Crippen LogP contribution in [0.5, 0.6) is 11.5 Å². The van der Waals surface area contributed by atoms with E-state index in [2.05, 4.69) is 21.2 Å². The average molecular weight is 528 g/mol. The zero-order valence-corrected chi connectivity index (χ0v) is 20.2. The first-order chi connectivity index (χ1) is 15.9. The van der Waals surface area contributed by atoms with E-state index < -0.39 is 11.9 Å². The molecule has 0 atom stereocenters. The van der Waals surface area contributed by atoms with E-state index in [4.69, 9.17) is 21.1 Å². The number of nitrogens with zero attached hydrogens (tertiary/aromatic N) is 1. The lowest BCUT2D eigenvalue weighted by Gasteiger charge is -2.13. The highest BCUT2D eigenvalue weighted by molar-refractivity contribution is 9.10. The predicted octanol–water partition coefficient (Wildman–Crippen LogP) is 6.10. The van der Waals surface area contributed by atoms with E-state index in [1.165, 1.54) is 5.56 Å². The Morgan fingerprint density at radius 3 is 2.39 bits per heavy atom. The van der Waals surface area contributed by atoms with E-state index in [0.717, 1.165) is 10.5 Å². The Hall–Kier alpha value is -3.29. The maximum absolute atomic E-state index is 12.9. The number of methoxy groups -OCH3 is 1. The van der Waals surface area contributed by atoms with Crippen molar-refractivity contribution >= 4 is 51.2 Å². The highest BCUT2D eigenvalue weighted by atomic mass is 79.9. The molecule has 0 saturated carbocycles. The summed E-state index contributed by atoms with van der Waals surface area (Å²) in [4.78, 5) is 26.4. The first-order valence-corrected chi connectivity index (χ1v) is 11.2. The number of hydrogen-bond donors (Lipinski definition) is 1. The van der Waals surface area contributed by atoms with Crippen LogP contribution in [0.15, 0.2) is 70.8 Å². The molecule has 1 aliphatic rings. The molecule has 1 aliphatic heterocycles. The smallest absolute Gasteiger partial charge is 0.333 e. The maximum Gasteiger partial charge on any atom is 0.333 e. The van der Waals surface area contributed by atoms with Crippen molar-refractivity contribution in [2.45, 2.75) is 13.5 Å². The van der Waals surface area contributed by atoms with Crippen LogP contribution in [0, 0.1) is 6.92 Å². The monoisotopic (exact) mass is 526 g/mol. The van der Waals surface area contributed by atoms with Gasteiger partial charge in [-0.2, -0.15) is 0 Å². The van der Waals surface area contributed by atoms with Crippen molar-refractivity contribution in [3.8, 4) is 11.5 Å². The minimum Gasteiger partial charge on any atom is -0.493 e. The van der Waals surface area contributed by atoms with Gasteiger partial charge < -0.3 is 14.8 Å². The summed E-state index contributed by atoms with van der Waals surface area (Å²) in [5, 5.41) is 3.13. The molecule has 0 radical (unpaired) electrons. The highest BCUT2D eigenvalue weighted by Crippen LogP contribution is 2.35. The quantitative estimate of drug-likeness (QED) is 0.311. The normalized spacial score (nSPS) is 14.5. The largest absolute Gasteiger partial charge is 0.493 e.